The lowest BCUT2D eigenvalue weighted by molar-refractivity contribution is -0.205. The van der Waals surface area contributed by atoms with E-state index in [0.29, 0.717) is 5.69 Å². The fraction of sp³-hybridized carbons (Fsp3) is 0.231. The summed E-state index contributed by atoms with van der Waals surface area (Å²) in [4.78, 5) is 23.3. The molecule has 0 radical (unpaired) electrons. The lowest BCUT2D eigenvalue weighted by Gasteiger charge is -2.35. The Balaban J connectivity index is 2.00. The number of fused-ring (bicyclic) bond motifs is 1. The van der Waals surface area contributed by atoms with Crippen LogP contribution in [0.3, 0.4) is 0 Å². The number of hydrogen-bond acceptors (Lipinski definition) is 6. The van der Waals surface area contributed by atoms with Crippen LogP contribution in [0.4, 0.5) is 26.1 Å². The van der Waals surface area contributed by atoms with E-state index >= 15 is 0 Å². The number of ether oxygens (including phenoxy) is 1. The molecule has 23 heavy (non-hydrogen) atoms. The Bertz CT molecular complexity index is 800. The Morgan fingerprint density at radius 1 is 1.30 bits per heavy atom. The highest BCUT2D eigenvalue weighted by Gasteiger charge is 2.58. The maximum Gasteiger partial charge on any atom is 0.521 e. The molecular weight excluding hydrogens is 332 g/mol. The molecule has 0 saturated carbocycles. The molecule has 2 aromatic rings. The quantitative estimate of drug-likeness (QED) is 0.844. The number of amides is 1. The van der Waals surface area contributed by atoms with E-state index in [4.69, 9.17) is 11.6 Å². The van der Waals surface area contributed by atoms with Gasteiger partial charge in [-0.1, -0.05) is 0 Å². The van der Waals surface area contributed by atoms with Gasteiger partial charge in [0.2, 0.25) is 11.2 Å². The number of alkyl halides is 2. The van der Waals surface area contributed by atoms with Gasteiger partial charge in [0, 0.05) is 11.8 Å². The zero-order valence-corrected chi connectivity index (χ0v) is 12.8. The molecule has 0 saturated heterocycles. The third-order valence-electron chi connectivity index (χ3n) is 3.35. The molecule has 0 bridgehead atoms. The molecular formula is C13H11ClF2N5O2+. The summed E-state index contributed by atoms with van der Waals surface area (Å²) in [5.74, 6) is -1.24. The predicted molar refractivity (Wildman–Crippen MR) is 78.8 cm³/mol. The first-order valence-electron chi connectivity index (χ1n) is 6.42. The number of likely N-dealkylation sites (N-methyl/N-ethyl adjacent to an activating group) is 1. The Morgan fingerprint density at radius 2 is 2.04 bits per heavy atom. The number of nitrogens with zero attached hydrogens (tertiary/aromatic N) is 4. The van der Waals surface area contributed by atoms with Crippen LogP contribution in [-0.2, 0) is 4.79 Å². The van der Waals surface area contributed by atoms with Crippen molar-refractivity contribution in [3.8, 4) is 5.75 Å². The van der Waals surface area contributed by atoms with Crippen LogP contribution in [0.1, 0.15) is 0 Å². The number of quaternary nitrogens is 1. The van der Waals surface area contributed by atoms with Crippen molar-refractivity contribution in [2.45, 2.75) is 6.11 Å². The van der Waals surface area contributed by atoms with Crippen molar-refractivity contribution < 1.29 is 18.3 Å². The molecule has 0 unspecified atom stereocenters. The van der Waals surface area contributed by atoms with Crippen LogP contribution in [0.25, 0.3) is 0 Å². The molecule has 1 aliphatic rings. The van der Waals surface area contributed by atoms with Gasteiger partial charge in [0.25, 0.3) is 0 Å². The fourth-order valence-corrected chi connectivity index (χ4v) is 2.32. The second kappa shape index (κ2) is 5.07. The third-order valence-corrected chi connectivity index (χ3v) is 3.54. The number of carbonyl (C=O) groups excluding carboxylic acids is 1. The molecule has 1 aromatic heterocycles. The van der Waals surface area contributed by atoms with Crippen molar-refractivity contribution in [3.63, 3.8) is 0 Å². The second-order valence-corrected chi connectivity index (χ2v) is 5.60. The number of carbonyl (C=O) groups is 1. The molecule has 1 aromatic carbocycles. The van der Waals surface area contributed by atoms with Gasteiger partial charge in [-0.2, -0.15) is 13.8 Å². The number of halogens is 3. The average molecular weight is 343 g/mol. The second-order valence-electron chi connectivity index (χ2n) is 5.26. The van der Waals surface area contributed by atoms with E-state index in [0.717, 1.165) is 0 Å². The lowest BCUT2D eigenvalue weighted by Crippen LogP contribution is -2.60. The zero-order chi connectivity index (χ0) is 16.8. The lowest BCUT2D eigenvalue weighted by atomic mass is 10.1. The smallest absolute Gasteiger partial charge is 0.416 e. The van der Waals surface area contributed by atoms with Crippen molar-refractivity contribution in [3.05, 3.63) is 29.8 Å². The highest BCUT2D eigenvalue weighted by atomic mass is 35.5. The van der Waals surface area contributed by atoms with Crippen LogP contribution in [0.2, 0.25) is 5.28 Å². The molecule has 1 amide bonds. The van der Waals surface area contributed by atoms with Crippen LogP contribution in [-0.4, -0.2) is 41.1 Å². The van der Waals surface area contributed by atoms with Crippen LogP contribution in [0, 0.1) is 0 Å². The van der Waals surface area contributed by atoms with Gasteiger partial charge in [-0.3, -0.25) is 0 Å². The van der Waals surface area contributed by atoms with E-state index in [9.17, 15) is 13.6 Å². The standard InChI is InChI=1S/C13H11ClF2N5O2/c1-21(2)8-5-7(19-12-18-6-17-11(14)20-12)3-4-9(8)23-13(15,16)10(21)22/h3-6H,1-2H3,(H,17,18,19,20)/q+1. The van der Waals surface area contributed by atoms with Crippen molar-refractivity contribution in [1.82, 2.24) is 19.4 Å². The van der Waals surface area contributed by atoms with Gasteiger partial charge in [0.05, 0.1) is 14.1 Å². The van der Waals surface area contributed by atoms with Crippen LogP contribution in [0.15, 0.2) is 24.5 Å². The Kier molecular flexibility index (Phi) is 3.42. The summed E-state index contributed by atoms with van der Waals surface area (Å²) in [5, 5.41) is 2.87. The van der Waals surface area contributed by atoms with Gasteiger partial charge in [-0.25, -0.2) is 19.2 Å². The molecule has 0 atom stereocenters. The van der Waals surface area contributed by atoms with Gasteiger partial charge in [0.15, 0.2) is 11.4 Å². The Hall–Kier alpha value is -2.39. The summed E-state index contributed by atoms with van der Waals surface area (Å²) < 4.78 is 31.1. The number of hydrogen-bond donors (Lipinski definition) is 1. The third kappa shape index (κ3) is 2.68. The first kappa shape index (κ1) is 15.5. The number of benzene rings is 1. The highest BCUT2D eigenvalue weighted by Crippen LogP contribution is 2.43. The number of rotatable bonds is 2. The molecule has 7 nitrogen and oxygen atoms in total. The molecule has 0 fully saturated rings. The van der Waals surface area contributed by atoms with Gasteiger partial charge in [-0.15, -0.1) is 0 Å². The van der Waals surface area contributed by atoms with Gasteiger partial charge in [0.1, 0.15) is 6.33 Å². The first-order valence-corrected chi connectivity index (χ1v) is 6.80. The largest absolute Gasteiger partial charge is 0.521 e. The topological polar surface area (TPSA) is 77.0 Å². The van der Waals surface area contributed by atoms with E-state index in [2.05, 4.69) is 25.0 Å². The minimum absolute atomic E-state index is 0.00900. The fourth-order valence-electron chi connectivity index (χ4n) is 2.20. The molecule has 10 heteroatoms. The van der Waals surface area contributed by atoms with Crippen molar-refractivity contribution in [2.24, 2.45) is 0 Å². The monoisotopic (exact) mass is 342 g/mol. The number of aromatic nitrogens is 3. The van der Waals surface area contributed by atoms with Crippen molar-refractivity contribution in [2.75, 3.05) is 19.4 Å². The predicted octanol–water partition coefficient (Wildman–Crippen LogP) is 2.35. The summed E-state index contributed by atoms with van der Waals surface area (Å²) in [6.07, 6.45) is -2.64. The Morgan fingerprint density at radius 3 is 2.74 bits per heavy atom. The molecule has 3 rings (SSSR count). The van der Waals surface area contributed by atoms with Crippen molar-refractivity contribution in [1.29, 1.82) is 0 Å². The van der Waals surface area contributed by atoms with E-state index in [1.54, 1.807) is 0 Å². The average Bonchev–Trinajstić information content (AvgIpc) is 2.46. The van der Waals surface area contributed by atoms with Crippen LogP contribution < -0.4 is 14.5 Å². The molecule has 1 N–H and O–H groups in total. The summed E-state index contributed by atoms with van der Waals surface area (Å²) in [7, 11) is 2.72. The van der Waals surface area contributed by atoms with Crippen LogP contribution in [0.5, 0.6) is 5.75 Å². The highest BCUT2D eigenvalue weighted by molar-refractivity contribution is 6.28. The van der Waals surface area contributed by atoms with E-state index < -0.39 is 16.5 Å². The molecule has 2 heterocycles. The number of nitrogens with one attached hydrogen (secondary N) is 1. The Labute approximate surface area is 134 Å². The summed E-state index contributed by atoms with van der Waals surface area (Å²) in [5.41, 5.74) is 0.768. The van der Waals surface area contributed by atoms with Crippen LogP contribution >= 0.6 is 11.6 Å². The normalized spacial score (nSPS) is 18.0. The molecule has 0 aliphatic carbocycles. The molecule has 120 valence electrons. The maximum absolute atomic E-state index is 13.6. The van der Waals surface area contributed by atoms with Crippen molar-refractivity contribution >= 4 is 34.8 Å². The van der Waals surface area contributed by atoms with Gasteiger partial charge >= 0.3 is 12.0 Å². The molecule has 0 spiro atoms. The van der Waals surface area contributed by atoms with Gasteiger partial charge < -0.3 is 10.1 Å². The summed E-state index contributed by atoms with van der Waals surface area (Å²) >= 11 is 5.67. The van der Waals surface area contributed by atoms with E-state index in [-0.39, 0.29) is 22.7 Å². The minimum atomic E-state index is -3.87. The number of anilines is 2. The van der Waals surface area contributed by atoms with E-state index in [1.165, 1.54) is 38.6 Å². The van der Waals surface area contributed by atoms with Gasteiger partial charge in [-0.05, 0) is 23.7 Å². The molecule has 1 aliphatic heterocycles. The maximum atomic E-state index is 13.6. The summed E-state index contributed by atoms with van der Waals surface area (Å²) in [6, 6.07) is 4.36. The SMILES string of the molecule is C[N+]1(C)C(=O)C(F)(F)Oc2ccc(Nc3ncnc(Cl)n3)cc21. The first-order chi connectivity index (χ1) is 10.7. The minimum Gasteiger partial charge on any atom is -0.416 e. The zero-order valence-electron chi connectivity index (χ0n) is 12.0. The van der Waals surface area contributed by atoms with E-state index in [1.807, 2.05) is 0 Å². The summed E-state index contributed by atoms with van der Waals surface area (Å²) in [6.45, 7) is 0.